The van der Waals surface area contributed by atoms with Gasteiger partial charge in [0, 0.05) is 12.1 Å². The van der Waals surface area contributed by atoms with Gasteiger partial charge in [0.25, 0.3) is 0 Å². The number of hydrogen-bond acceptors (Lipinski definition) is 3. The lowest BCUT2D eigenvalue weighted by atomic mass is 10.1. The van der Waals surface area contributed by atoms with Gasteiger partial charge in [-0.15, -0.1) is 0 Å². The van der Waals surface area contributed by atoms with Crippen LogP contribution in [-0.4, -0.2) is 18.8 Å². The molecule has 0 saturated carbocycles. The van der Waals surface area contributed by atoms with Crippen molar-refractivity contribution in [3.05, 3.63) is 23.8 Å². The summed E-state index contributed by atoms with van der Waals surface area (Å²) < 4.78 is 11.3. The molecule has 3 heteroatoms. The van der Waals surface area contributed by atoms with Gasteiger partial charge in [-0.3, -0.25) is 0 Å². The summed E-state index contributed by atoms with van der Waals surface area (Å²) in [5, 5.41) is 3.47. The third-order valence-electron chi connectivity index (χ3n) is 2.95. The van der Waals surface area contributed by atoms with E-state index in [0.29, 0.717) is 0 Å². The zero-order valence-electron chi connectivity index (χ0n) is 13.0. The predicted molar refractivity (Wildman–Crippen MR) is 80.0 cm³/mol. The molecular weight excluding hydrogens is 238 g/mol. The van der Waals surface area contributed by atoms with E-state index in [2.05, 4.69) is 52.1 Å². The molecule has 1 N–H and O–H groups in total. The Kier molecular flexibility index (Phi) is 5.67. The first-order valence-corrected chi connectivity index (χ1v) is 6.94. The molecule has 0 aliphatic heterocycles. The van der Waals surface area contributed by atoms with Crippen LogP contribution in [0.5, 0.6) is 11.5 Å². The second-order valence-electron chi connectivity index (χ2n) is 5.93. The van der Waals surface area contributed by atoms with Crippen molar-refractivity contribution < 1.29 is 9.47 Å². The molecule has 0 heterocycles. The van der Waals surface area contributed by atoms with E-state index in [1.807, 2.05) is 6.07 Å². The smallest absolute Gasteiger partial charge is 0.161 e. The van der Waals surface area contributed by atoms with Crippen molar-refractivity contribution in [3.8, 4) is 11.5 Å². The van der Waals surface area contributed by atoms with Gasteiger partial charge in [-0.05, 0) is 51.8 Å². The number of hydrogen-bond donors (Lipinski definition) is 1. The largest absolute Gasteiger partial charge is 0.493 e. The number of methoxy groups -OCH3 is 1. The molecule has 0 amide bonds. The van der Waals surface area contributed by atoms with Crippen molar-refractivity contribution in [2.45, 2.75) is 59.2 Å². The molecule has 108 valence electrons. The van der Waals surface area contributed by atoms with Gasteiger partial charge in [-0.25, -0.2) is 0 Å². The average Bonchev–Trinajstić information content (AvgIpc) is 2.35. The van der Waals surface area contributed by atoms with Crippen LogP contribution in [0.4, 0.5) is 0 Å². The van der Waals surface area contributed by atoms with Crippen LogP contribution in [0.15, 0.2) is 18.2 Å². The van der Waals surface area contributed by atoms with Gasteiger partial charge in [0.05, 0.1) is 13.2 Å². The van der Waals surface area contributed by atoms with E-state index in [9.17, 15) is 0 Å². The second-order valence-corrected chi connectivity index (χ2v) is 5.93. The number of nitrogens with one attached hydrogen (secondary N) is 1. The fourth-order valence-corrected chi connectivity index (χ4v) is 1.59. The van der Waals surface area contributed by atoms with Crippen molar-refractivity contribution in [2.75, 3.05) is 7.11 Å². The monoisotopic (exact) mass is 265 g/mol. The SMILES string of the molecule is CCC(C)Oc1cc(CNC(C)(C)C)ccc1OC. The zero-order chi connectivity index (χ0) is 14.5. The van der Waals surface area contributed by atoms with Crippen LogP contribution >= 0.6 is 0 Å². The highest BCUT2D eigenvalue weighted by Crippen LogP contribution is 2.29. The van der Waals surface area contributed by atoms with Crippen LogP contribution in [0.2, 0.25) is 0 Å². The molecule has 0 saturated heterocycles. The van der Waals surface area contributed by atoms with Crippen molar-refractivity contribution in [3.63, 3.8) is 0 Å². The maximum atomic E-state index is 5.91. The molecule has 0 radical (unpaired) electrons. The maximum Gasteiger partial charge on any atom is 0.161 e. The van der Waals surface area contributed by atoms with Gasteiger partial charge in [0.15, 0.2) is 11.5 Å². The normalized spacial score (nSPS) is 13.2. The van der Waals surface area contributed by atoms with Crippen molar-refractivity contribution in [1.82, 2.24) is 5.32 Å². The Morgan fingerprint density at radius 1 is 1.21 bits per heavy atom. The summed E-state index contributed by atoms with van der Waals surface area (Å²) in [7, 11) is 1.67. The molecule has 19 heavy (non-hydrogen) atoms. The highest BCUT2D eigenvalue weighted by molar-refractivity contribution is 5.43. The van der Waals surface area contributed by atoms with E-state index in [0.717, 1.165) is 24.5 Å². The summed E-state index contributed by atoms with van der Waals surface area (Å²) in [6, 6.07) is 6.10. The Hall–Kier alpha value is -1.22. The van der Waals surface area contributed by atoms with E-state index < -0.39 is 0 Å². The van der Waals surface area contributed by atoms with E-state index >= 15 is 0 Å². The molecule has 1 atom stereocenters. The molecule has 0 aromatic heterocycles. The topological polar surface area (TPSA) is 30.5 Å². The minimum Gasteiger partial charge on any atom is -0.493 e. The third kappa shape index (κ3) is 5.52. The average molecular weight is 265 g/mol. The zero-order valence-corrected chi connectivity index (χ0v) is 13.0. The Labute approximate surface area is 117 Å². The maximum absolute atomic E-state index is 5.91. The first-order chi connectivity index (χ1) is 8.85. The van der Waals surface area contributed by atoms with Crippen LogP contribution in [0.1, 0.15) is 46.6 Å². The Balaban J connectivity index is 2.82. The van der Waals surface area contributed by atoms with E-state index in [1.54, 1.807) is 7.11 Å². The fraction of sp³-hybridized carbons (Fsp3) is 0.625. The molecule has 0 aliphatic carbocycles. The number of ether oxygens (including phenoxy) is 2. The second kappa shape index (κ2) is 6.80. The number of benzene rings is 1. The van der Waals surface area contributed by atoms with Crippen molar-refractivity contribution in [1.29, 1.82) is 0 Å². The first kappa shape index (κ1) is 15.8. The predicted octanol–water partition coefficient (Wildman–Crippen LogP) is 3.76. The number of rotatable bonds is 6. The summed E-state index contributed by atoms with van der Waals surface area (Å²) in [5.74, 6) is 1.62. The Morgan fingerprint density at radius 3 is 2.42 bits per heavy atom. The van der Waals surface area contributed by atoms with E-state index in [-0.39, 0.29) is 11.6 Å². The van der Waals surface area contributed by atoms with Crippen LogP contribution in [-0.2, 0) is 6.54 Å². The summed E-state index contributed by atoms with van der Waals surface area (Å²) in [4.78, 5) is 0. The van der Waals surface area contributed by atoms with E-state index in [1.165, 1.54) is 5.56 Å². The molecule has 1 aromatic rings. The minimum absolute atomic E-state index is 0.109. The molecule has 1 aromatic carbocycles. The molecule has 0 aliphatic rings. The Bertz CT molecular complexity index is 396. The molecule has 0 spiro atoms. The quantitative estimate of drug-likeness (QED) is 0.849. The van der Waals surface area contributed by atoms with Gasteiger partial charge in [0.2, 0.25) is 0 Å². The minimum atomic E-state index is 0.109. The highest BCUT2D eigenvalue weighted by Gasteiger charge is 2.12. The molecule has 0 bridgehead atoms. The molecule has 3 nitrogen and oxygen atoms in total. The van der Waals surface area contributed by atoms with Gasteiger partial charge in [-0.2, -0.15) is 0 Å². The van der Waals surface area contributed by atoms with Crippen molar-refractivity contribution in [2.24, 2.45) is 0 Å². The first-order valence-electron chi connectivity index (χ1n) is 6.94. The highest BCUT2D eigenvalue weighted by atomic mass is 16.5. The summed E-state index contributed by atoms with van der Waals surface area (Å²) in [6.07, 6.45) is 1.17. The van der Waals surface area contributed by atoms with Crippen LogP contribution in [0.25, 0.3) is 0 Å². The third-order valence-corrected chi connectivity index (χ3v) is 2.95. The summed E-state index contributed by atoms with van der Waals surface area (Å²) in [6.45, 7) is 11.5. The lowest BCUT2D eigenvalue weighted by molar-refractivity contribution is 0.207. The van der Waals surface area contributed by atoms with Crippen molar-refractivity contribution >= 4 is 0 Å². The fourth-order valence-electron chi connectivity index (χ4n) is 1.59. The van der Waals surface area contributed by atoms with Gasteiger partial charge >= 0.3 is 0 Å². The van der Waals surface area contributed by atoms with Crippen LogP contribution in [0.3, 0.4) is 0 Å². The van der Waals surface area contributed by atoms with Crippen LogP contribution < -0.4 is 14.8 Å². The molecular formula is C16H27NO2. The molecule has 0 fully saturated rings. The molecule has 1 rings (SSSR count). The van der Waals surface area contributed by atoms with E-state index in [4.69, 9.17) is 9.47 Å². The van der Waals surface area contributed by atoms with Crippen LogP contribution in [0, 0.1) is 0 Å². The van der Waals surface area contributed by atoms with Gasteiger partial charge < -0.3 is 14.8 Å². The summed E-state index contributed by atoms with van der Waals surface area (Å²) in [5.41, 5.74) is 1.31. The van der Waals surface area contributed by atoms with Gasteiger partial charge in [0.1, 0.15) is 0 Å². The van der Waals surface area contributed by atoms with Gasteiger partial charge in [-0.1, -0.05) is 13.0 Å². The summed E-state index contributed by atoms with van der Waals surface area (Å²) >= 11 is 0. The lowest BCUT2D eigenvalue weighted by Crippen LogP contribution is -2.35. The Morgan fingerprint density at radius 2 is 1.89 bits per heavy atom. The lowest BCUT2D eigenvalue weighted by Gasteiger charge is -2.21. The standard InChI is InChI=1S/C16H27NO2/c1-7-12(2)19-15-10-13(8-9-14(15)18-6)11-17-16(3,4)5/h8-10,12,17H,7,11H2,1-6H3. The molecule has 1 unspecified atom stereocenters.